The number of nitrogens with two attached hydrogens (primary N) is 1. The first kappa shape index (κ1) is 15.0. The number of benzene rings is 1. The average Bonchev–Trinajstić information content (AvgIpc) is 3.20. The van der Waals surface area contributed by atoms with E-state index in [1.165, 1.54) is 18.4 Å². The molecule has 1 aromatic carbocycles. The van der Waals surface area contributed by atoms with Gasteiger partial charge in [-0.05, 0) is 42.9 Å². The van der Waals surface area contributed by atoms with Gasteiger partial charge in [0.1, 0.15) is 0 Å². The monoisotopic (exact) mass is 268 g/mol. The summed E-state index contributed by atoms with van der Waals surface area (Å²) in [6.07, 6.45) is 3.38. The summed E-state index contributed by atoms with van der Waals surface area (Å²) in [6, 6.07) is 7.92. The Kier molecular flexibility index (Phi) is 5.63. The van der Waals surface area contributed by atoms with E-state index in [0.29, 0.717) is 12.5 Å². The lowest BCUT2D eigenvalue weighted by Gasteiger charge is -2.16. The highest BCUT2D eigenvalue weighted by Gasteiger charge is 2.31. The minimum Gasteiger partial charge on any atom is -0.348 e. The largest absolute Gasteiger partial charge is 0.348 e. The van der Waals surface area contributed by atoms with Gasteiger partial charge in [0.15, 0.2) is 0 Å². The second kappa shape index (κ2) is 6.76. The van der Waals surface area contributed by atoms with Gasteiger partial charge in [-0.15, -0.1) is 12.4 Å². The molecular weight excluding hydrogens is 248 g/mol. The van der Waals surface area contributed by atoms with Crippen molar-refractivity contribution < 1.29 is 4.79 Å². The van der Waals surface area contributed by atoms with Gasteiger partial charge in [0.2, 0.25) is 0 Å². The van der Waals surface area contributed by atoms with Crippen LogP contribution in [0.25, 0.3) is 0 Å². The fraction of sp³-hybridized carbons (Fsp3) is 0.500. The number of hydrogen-bond donors (Lipinski definition) is 2. The molecule has 100 valence electrons. The Morgan fingerprint density at radius 1 is 1.39 bits per heavy atom. The molecule has 1 saturated carbocycles. The van der Waals surface area contributed by atoms with Gasteiger partial charge in [-0.2, -0.15) is 0 Å². The molecule has 0 saturated heterocycles. The molecule has 0 radical (unpaired) electrons. The number of rotatable bonds is 5. The number of aryl methyl sites for hydroxylation is 1. The van der Waals surface area contributed by atoms with Crippen molar-refractivity contribution in [3.05, 3.63) is 35.4 Å². The fourth-order valence-corrected chi connectivity index (χ4v) is 2.01. The zero-order chi connectivity index (χ0) is 12.3. The van der Waals surface area contributed by atoms with Crippen molar-refractivity contribution in [2.75, 3.05) is 6.54 Å². The van der Waals surface area contributed by atoms with Gasteiger partial charge in [0, 0.05) is 18.2 Å². The zero-order valence-electron chi connectivity index (χ0n) is 10.7. The Morgan fingerprint density at radius 2 is 2.00 bits per heavy atom. The van der Waals surface area contributed by atoms with Crippen LogP contribution in [-0.2, 0) is 6.42 Å². The van der Waals surface area contributed by atoms with Crippen LogP contribution in [-0.4, -0.2) is 18.5 Å². The number of halogens is 1. The van der Waals surface area contributed by atoms with Crippen molar-refractivity contribution >= 4 is 18.3 Å². The minimum atomic E-state index is -0.00463. The predicted octanol–water partition coefficient (Wildman–Crippen LogP) is 2.14. The molecule has 1 aliphatic carbocycles. The molecule has 1 aromatic rings. The zero-order valence-corrected chi connectivity index (χ0v) is 11.5. The number of hydrogen-bond acceptors (Lipinski definition) is 2. The van der Waals surface area contributed by atoms with Crippen molar-refractivity contribution in [2.45, 2.75) is 32.2 Å². The summed E-state index contributed by atoms with van der Waals surface area (Å²) in [5.74, 6) is 0.592. The summed E-state index contributed by atoms with van der Waals surface area (Å²) in [4.78, 5) is 12.0. The summed E-state index contributed by atoms with van der Waals surface area (Å²) in [6.45, 7) is 2.63. The van der Waals surface area contributed by atoms with Crippen LogP contribution in [0.3, 0.4) is 0 Å². The Morgan fingerprint density at radius 3 is 2.44 bits per heavy atom. The Hall–Kier alpha value is -1.06. The van der Waals surface area contributed by atoms with Crippen LogP contribution in [0, 0.1) is 5.92 Å². The first-order chi connectivity index (χ1) is 8.24. The summed E-state index contributed by atoms with van der Waals surface area (Å²) in [5.41, 5.74) is 7.64. The van der Waals surface area contributed by atoms with Crippen molar-refractivity contribution in [1.82, 2.24) is 5.32 Å². The van der Waals surface area contributed by atoms with Crippen molar-refractivity contribution in [1.29, 1.82) is 0 Å². The van der Waals surface area contributed by atoms with E-state index >= 15 is 0 Å². The average molecular weight is 269 g/mol. The van der Waals surface area contributed by atoms with Gasteiger partial charge < -0.3 is 11.1 Å². The highest BCUT2D eigenvalue weighted by atomic mass is 35.5. The Bertz CT molecular complexity index is 387. The molecule has 0 aliphatic heterocycles. The Labute approximate surface area is 115 Å². The molecule has 0 aromatic heterocycles. The molecule has 2 rings (SSSR count). The van der Waals surface area contributed by atoms with Gasteiger partial charge in [0.05, 0.1) is 0 Å². The molecule has 3 N–H and O–H groups in total. The molecule has 18 heavy (non-hydrogen) atoms. The SMILES string of the molecule is CCc1ccc(C(=O)NC(CN)C2CC2)cc1.Cl. The molecule has 1 aliphatic rings. The van der Waals surface area contributed by atoms with Crippen molar-refractivity contribution in [2.24, 2.45) is 11.7 Å². The normalized spacial score (nSPS) is 15.7. The van der Waals surface area contributed by atoms with Gasteiger partial charge in [-0.3, -0.25) is 4.79 Å². The quantitative estimate of drug-likeness (QED) is 0.860. The van der Waals surface area contributed by atoms with Gasteiger partial charge in [-0.25, -0.2) is 0 Å². The lowest BCUT2D eigenvalue weighted by atomic mass is 10.1. The first-order valence-corrected chi connectivity index (χ1v) is 6.34. The van der Waals surface area contributed by atoms with Gasteiger partial charge in [0.25, 0.3) is 5.91 Å². The summed E-state index contributed by atoms with van der Waals surface area (Å²) >= 11 is 0. The van der Waals surface area contributed by atoms with Crippen LogP contribution in [0.1, 0.15) is 35.7 Å². The van der Waals surface area contributed by atoms with Crippen molar-refractivity contribution in [3.8, 4) is 0 Å². The molecule has 3 nitrogen and oxygen atoms in total. The molecule has 0 spiro atoms. The van der Waals surface area contributed by atoms with Crippen LogP contribution in [0.2, 0.25) is 0 Å². The Balaban J connectivity index is 0.00000162. The van der Waals surface area contributed by atoms with E-state index in [1.807, 2.05) is 24.3 Å². The predicted molar refractivity (Wildman–Crippen MR) is 76.1 cm³/mol. The number of carbonyl (C=O) groups excluding carboxylic acids is 1. The maximum atomic E-state index is 12.0. The van der Waals surface area contributed by atoms with E-state index in [-0.39, 0.29) is 24.4 Å². The third kappa shape index (κ3) is 3.72. The second-order valence-corrected chi connectivity index (χ2v) is 4.70. The molecule has 1 unspecified atom stereocenters. The maximum absolute atomic E-state index is 12.0. The van der Waals surface area contributed by atoms with Crippen LogP contribution in [0.4, 0.5) is 0 Å². The molecular formula is C14H21ClN2O. The van der Waals surface area contributed by atoms with Crippen LogP contribution < -0.4 is 11.1 Å². The van der Waals surface area contributed by atoms with Gasteiger partial charge in [-0.1, -0.05) is 19.1 Å². The standard InChI is InChI=1S/C14H20N2O.ClH/c1-2-10-3-5-12(6-4-10)14(17)16-13(9-15)11-7-8-11;/h3-6,11,13H,2,7-9,15H2,1H3,(H,16,17);1H. The highest BCUT2D eigenvalue weighted by Crippen LogP contribution is 2.32. The third-order valence-corrected chi connectivity index (χ3v) is 3.39. The maximum Gasteiger partial charge on any atom is 0.251 e. The van der Waals surface area contributed by atoms with Crippen molar-refractivity contribution in [3.63, 3.8) is 0 Å². The summed E-state index contributed by atoms with van der Waals surface area (Å²) in [7, 11) is 0. The van der Waals surface area contributed by atoms with Crippen LogP contribution in [0.15, 0.2) is 24.3 Å². The van der Waals surface area contributed by atoms with E-state index in [0.717, 1.165) is 12.0 Å². The van der Waals surface area contributed by atoms with Crippen LogP contribution in [0.5, 0.6) is 0 Å². The van der Waals surface area contributed by atoms with E-state index < -0.39 is 0 Å². The van der Waals surface area contributed by atoms with E-state index in [9.17, 15) is 4.79 Å². The first-order valence-electron chi connectivity index (χ1n) is 6.34. The highest BCUT2D eigenvalue weighted by molar-refractivity contribution is 5.94. The summed E-state index contributed by atoms with van der Waals surface area (Å²) < 4.78 is 0. The molecule has 4 heteroatoms. The number of nitrogens with one attached hydrogen (secondary N) is 1. The lowest BCUT2D eigenvalue weighted by molar-refractivity contribution is 0.0933. The van der Waals surface area contributed by atoms with Gasteiger partial charge >= 0.3 is 0 Å². The smallest absolute Gasteiger partial charge is 0.251 e. The fourth-order valence-electron chi connectivity index (χ4n) is 2.01. The third-order valence-electron chi connectivity index (χ3n) is 3.39. The molecule has 1 fully saturated rings. The van der Waals surface area contributed by atoms with E-state index in [2.05, 4.69) is 12.2 Å². The summed E-state index contributed by atoms with van der Waals surface area (Å²) in [5, 5.41) is 3.02. The molecule has 0 bridgehead atoms. The molecule has 1 atom stereocenters. The molecule has 1 amide bonds. The topological polar surface area (TPSA) is 55.1 Å². The number of amides is 1. The minimum absolute atomic E-state index is 0. The lowest BCUT2D eigenvalue weighted by Crippen LogP contribution is -2.41. The van der Waals surface area contributed by atoms with E-state index in [1.54, 1.807) is 0 Å². The number of carbonyl (C=O) groups is 1. The van der Waals surface area contributed by atoms with Crippen LogP contribution >= 0.6 is 12.4 Å². The second-order valence-electron chi connectivity index (χ2n) is 4.70. The molecule has 0 heterocycles. The van der Waals surface area contributed by atoms with E-state index in [4.69, 9.17) is 5.73 Å².